The number of ether oxygens (including phenoxy) is 3. The van der Waals surface area contributed by atoms with E-state index in [1.165, 1.54) is 10.5 Å². The van der Waals surface area contributed by atoms with Gasteiger partial charge in [-0.2, -0.15) is 0 Å². The molecule has 1 atom stereocenters. The topological polar surface area (TPSA) is 61.2 Å². The molecular formula is C25H35N2O4+. The molecule has 6 nitrogen and oxygen atoms in total. The average molecular weight is 428 g/mol. The number of rotatable bonds is 10. The number of nitrogens with one attached hydrogen (secondary N) is 2. The fourth-order valence-corrected chi connectivity index (χ4v) is 3.70. The smallest absolute Gasteiger partial charge is 0.252 e. The third-order valence-corrected chi connectivity index (χ3v) is 5.66. The van der Waals surface area contributed by atoms with Crippen molar-refractivity contribution in [2.75, 3.05) is 46.6 Å². The highest BCUT2D eigenvalue weighted by molar-refractivity contribution is 5.95. The number of benzene rings is 2. The lowest BCUT2D eigenvalue weighted by Gasteiger charge is -2.28. The second kappa shape index (κ2) is 11.7. The Morgan fingerprint density at radius 1 is 1.13 bits per heavy atom. The first-order chi connectivity index (χ1) is 15.1. The van der Waals surface area contributed by atoms with Crippen molar-refractivity contribution < 1.29 is 23.9 Å². The van der Waals surface area contributed by atoms with E-state index in [0.717, 1.165) is 51.3 Å². The lowest BCUT2D eigenvalue weighted by Crippen LogP contribution is -3.14. The predicted octanol–water partition coefficient (Wildman–Crippen LogP) is 2.57. The van der Waals surface area contributed by atoms with Crippen molar-refractivity contribution in [3.8, 4) is 11.5 Å². The Morgan fingerprint density at radius 2 is 1.87 bits per heavy atom. The summed E-state index contributed by atoms with van der Waals surface area (Å²) in [5.74, 6) is 1.13. The molecule has 1 amide bonds. The van der Waals surface area contributed by atoms with Crippen molar-refractivity contribution in [2.24, 2.45) is 0 Å². The van der Waals surface area contributed by atoms with E-state index in [4.69, 9.17) is 14.2 Å². The van der Waals surface area contributed by atoms with Crippen molar-refractivity contribution >= 4 is 5.91 Å². The van der Waals surface area contributed by atoms with Crippen LogP contribution in [0.15, 0.2) is 42.5 Å². The van der Waals surface area contributed by atoms with Crippen LogP contribution in [0, 0.1) is 6.92 Å². The fraction of sp³-hybridized carbons (Fsp3) is 0.480. The van der Waals surface area contributed by atoms with Crippen LogP contribution in [0.4, 0.5) is 0 Å². The van der Waals surface area contributed by atoms with E-state index in [2.05, 4.69) is 43.4 Å². The van der Waals surface area contributed by atoms with E-state index in [1.807, 2.05) is 6.07 Å². The SMILES string of the molecule is CCCCOc1ccc(C(=O)N[C@H](C[NH+]2CCOCC2)c2ccc(C)cc2)cc1OC. The number of unbranched alkanes of at least 4 members (excludes halogenated alkanes) is 1. The average Bonchev–Trinajstić information content (AvgIpc) is 2.80. The van der Waals surface area contributed by atoms with Crippen LogP contribution in [-0.2, 0) is 4.74 Å². The van der Waals surface area contributed by atoms with Crippen LogP contribution < -0.4 is 19.7 Å². The molecule has 1 aliphatic heterocycles. The molecule has 0 radical (unpaired) electrons. The lowest BCUT2D eigenvalue weighted by molar-refractivity contribution is -0.909. The second-order valence-corrected chi connectivity index (χ2v) is 8.07. The summed E-state index contributed by atoms with van der Waals surface area (Å²) >= 11 is 0. The molecule has 168 valence electrons. The summed E-state index contributed by atoms with van der Waals surface area (Å²) < 4.78 is 16.8. The molecule has 2 N–H and O–H groups in total. The molecule has 6 heteroatoms. The van der Waals surface area contributed by atoms with Gasteiger partial charge in [-0.1, -0.05) is 43.2 Å². The summed E-state index contributed by atoms with van der Waals surface area (Å²) in [5.41, 5.74) is 2.88. The summed E-state index contributed by atoms with van der Waals surface area (Å²) in [4.78, 5) is 14.6. The number of carbonyl (C=O) groups excluding carboxylic acids is 1. The van der Waals surface area contributed by atoms with Gasteiger partial charge < -0.3 is 24.4 Å². The van der Waals surface area contributed by atoms with Crippen LogP contribution in [0.3, 0.4) is 0 Å². The Kier molecular flexibility index (Phi) is 8.74. The number of carbonyl (C=O) groups is 1. The molecule has 2 aromatic rings. The van der Waals surface area contributed by atoms with Crippen molar-refractivity contribution in [1.29, 1.82) is 0 Å². The molecule has 2 aromatic carbocycles. The van der Waals surface area contributed by atoms with Gasteiger partial charge in [0.2, 0.25) is 0 Å². The Morgan fingerprint density at radius 3 is 2.55 bits per heavy atom. The minimum absolute atomic E-state index is 0.0762. The highest BCUT2D eigenvalue weighted by Crippen LogP contribution is 2.28. The normalized spacial score (nSPS) is 15.3. The Bertz CT molecular complexity index is 832. The number of quaternary nitrogens is 1. The minimum atomic E-state index is -0.114. The molecular weight excluding hydrogens is 392 g/mol. The monoisotopic (exact) mass is 427 g/mol. The largest absolute Gasteiger partial charge is 0.493 e. The number of hydrogen-bond acceptors (Lipinski definition) is 4. The van der Waals surface area contributed by atoms with E-state index in [1.54, 1.807) is 19.2 Å². The third-order valence-electron chi connectivity index (χ3n) is 5.66. The quantitative estimate of drug-likeness (QED) is 0.572. The van der Waals surface area contributed by atoms with E-state index in [-0.39, 0.29) is 11.9 Å². The first-order valence-electron chi connectivity index (χ1n) is 11.2. The van der Waals surface area contributed by atoms with Gasteiger partial charge in [0.05, 0.1) is 26.9 Å². The molecule has 0 saturated carbocycles. The molecule has 31 heavy (non-hydrogen) atoms. The van der Waals surface area contributed by atoms with E-state index in [9.17, 15) is 4.79 Å². The van der Waals surface area contributed by atoms with Gasteiger partial charge in [0.15, 0.2) is 11.5 Å². The Hall–Kier alpha value is -2.57. The number of amides is 1. The zero-order valence-corrected chi connectivity index (χ0v) is 18.9. The molecule has 0 spiro atoms. The molecule has 0 aliphatic carbocycles. The third kappa shape index (κ3) is 6.71. The van der Waals surface area contributed by atoms with E-state index >= 15 is 0 Å². The van der Waals surface area contributed by atoms with Crippen molar-refractivity contribution in [2.45, 2.75) is 32.7 Å². The maximum absolute atomic E-state index is 13.1. The van der Waals surface area contributed by atoms with Crippen LogP contribution in [0.25, 0.3) is 0 Å². The van der Waals surface area contributed by atoms with Crippen LogP contribution in [0.2, 0.25) is 0 Å². The van der Waals surface area contributed by atoms with E-state index < -0.39 is 0 Å². The van der Waals surface area contributed by atoms with Crippen LogP contribution in [0.1, 0.15) is 47.3 Å². The summed E-state index contributed by atoms with van der Waals surface area (Å²) in [6.45, 7) is 9.09. The van der Waals surface area contributed by atoms with Crippen LogP contribution >= 0.6 is 0 Å². The zero-order chi connectivity index (χ0) is 22.1. The molecule has 1 saturated heterocycles. The number of methoxy groups -OCH3 is 1. The summed E-state index contributed by atoms with van der Waals surface area (Å²) in [6, 6.07) is 13.7. The highest BCUT2D eigenvalue weighted by Gasteiger charge is 2.24. The summed E-state index contributed by atoms with van der Waals surface area (Å²) in [7, 11) is 1.60. The molecule has 0 bridgehead atoms. The maximum atomic E-state index is 13.1. The van der Waals surface area contributed by atoms with Crippen molar-refractivity contribution in [3.05, 3.63) is 59.2 Å². The summed E-state index contributed by atoms with van der Waals surface area (Å²) in [5, 5.41) is 3.24. The van der Waals surface area contributed by atoms with Crippen LogP contribution in [-0.4, -0.2) is 52.5 Å². The van der Waals surface area contributed by atoms with Crippen molar-refractivity contribution in [1.82, 2.24) is 5.32 Å². The first kappa shape index (κ1) is 23.1. The maximum Gasteiger partial charge on any atom is 0.252 e. The van der Waals surface area contributed by atoms with Gasteiger partial charge in [0.1, 0.15) is 25.7 Å². The minimum Gasteiger partial charge on any atom is -0.493 e. The lowest BCUT2D eigenvalue weighted by atomic mass is 10.0. The zero-order valence-electron chi connectivity index (χ0n) is 18.9. The van der Waals surface area contributed by atoms with Gasteiger partial charge in [-0.15, -0.1) is 0 Å². The van der Waals surface area contributed by atoms with Gasteiger partial charge in [-0.25, -0.2) is 0 Å². The molecule has 1 heterocycles. The highest BCUT2D eigenvalue weighted by atomic mass is 16.5. The number of hydrogen-bond donors (Lipinski definition) is 2. The Labute approximate surface area is 185 Å². The molecule has 1 aliphatic rings. The standard InChI is InChI=1S/C25H34N2O4/c1-4-5-14-31-23-11-10-21(17-24(23)29-3)25(28)26-22(18-27-12-15-30-16-13-27)20-8-6-19(2)7-9-20/h6-11,17,22H,4-5,12-16,18H2,1-3H3,(H,26,28)/p+1/t22-/m1/s1. The van der Waals surface area contributed by atoms with Crippen molar-refractivity contribution in [3.63, 3.8) is 0 Å². The molecule has 0 unspecified atom stereocenters. The summed E-state index contributed by atoms with van der Waals surface area (Å²) in [6.07, 6.45) is 2.04. The van der Waals surface area contributed by atoms with Gasteiger partial charge in [-0.3, -0.25) is 4.79 Å². The molecule has 3 rings (SSSR count). The fourth-order valence-electron chi connectivity index (χ4n) is 3.70. The van der Waals surface area contributed by atoms with Crippen LogP contribution in [0.5, 0.6) is 11.5 Å². The van der Waals surface area contributed by atoms with Gasteiger partial charge in [-0.05, 0) is 37.1 Å². The first-order valence-corrected chi connectivity index (χ1v) is 11.2. The molecule has 0 aromatic heterocycles. The van der Waals surface area contributed by atoms with Gasteiger partial charge >= 0.3 is 0 Å². The Balaban J connectivity index is 1.74. The molecule has 1 fully saturated rings. The number of aryl methyl sites for hydroxylation is 1. The second-order valence-electron chi connectivity index (χ2n) is 8.07. The van der Waals surface area contributed by atoms with E-state index in [0.29, 0.717) is 23.7 Å². The van der Waals surface area contributed by atoms with Gasteiger partial charge in [0, 0.05) is 5.56 Å². The van der Waals surface area contributed by atoms with Gasteiger partial charge in [0.25, 0.3) is 5.91 Å². The predicted molar refractivity (Wildman–Crippen MR) is 121 cm³/mol. The number of morpholine rings is 1.